The van der Waals surface area contributed by atoms with Crippen molar-refractivity contribution in [2.75, 3.05) is 5.32 Å². The van der Waals surface area contributed by atoms with Crippen LogP contribution in [0, 0.1) is 6.92 Å². The van der Waals surface area contributed by atoms with E-state index in [2.05, 4.69) is 41.5 Å². The monoisotopic (exact) mass is 302 g/mol. The first-order valence-electron chi connectivity index (χ1n) is 7.58. The van der Waals surface area contributed by atoms with E-state index in [1.165, 1.54) is 5.56 Å². The quantitative estimate of drug-likeness (QED) is 0.783. The van der Waals surface area contributed by atoms with E-state index in [4.69, 9.17) is 0 Å². The lowest BCUT2D eigenvalue weighted by Gasteiger charge is -2.09. The first-order chi connectivity index (χ1) is 11.2. The summed E-state index contributed by atoms with van der Waals surface area (Å²) in [4.78, 5) is 16.3. The van der Waals surface area contributed by atoms with Crippen LogP contribution in [0.3, 0.4) is 0 Å². The third-order valence-electron chi connectivity index (χ3n) is 3.68. The largest absolute Gasteiger partial charge is 0.310 e. The van der Waals surface area contributed by atoms with E-state index < -0.39 is 0 Å². The van der Waals surface area contributed by atoms with E-state index in [1.54, 1.807) is 12.3 Å². The van der Waals surface area contributed by atoms with E-state index in [9.17, 15) is 4.79 Å². The van der Waals surface area contributed by atoms with Gasteiger partial charge in [-0.25, -0.2) is 4.98 Å². The number of nitrogens with zero attached hydrogens (tertiary/aromatic N) is 1. The minimum Gasteiger partial charge on any atom is -0.310 e. The van der Waals surface area contributed by atoms with Crippen LogP contribution in [-0.4, -0.2) is 10.9 Å². The minimum absolute atomic E-state index is 0.0634. The van der Waals surface area contributed by atoms with E-state index in [0.29, 0.717) is 12.2 Å². The Balaban J connectivity index is 1.77. The first-order valence-corrected chi connectivity index (χ1v) is 7.58. The Morgan fingerprint density at radius 1 is 1.00 bits per heavy atom. The van der Waals surface area contributed by atoms with Crippen LogP contribution in [0.1, 0.15) is 11.1 Å². The molecule has 0 spiro atoms. The molecule has 0 aliphatic carbocycles. The molecule has 1 heterocycles. The van der Waals surface area contributed by atoms with Crippen molar-refractivity contribution in [3.8, 4) is 11.1 Å². The molecule has 2 aromatic carbocycles. The highest BCUT2D eigenvalue weighted by Crippen LogP contribution is 2.24. The van der Waals surface area contributed by atoms with Gasteiger partial charge in [0.25, 0.3) is 0 Å². The number of hydrogen-bond acceptors (Lipinski definition) is 2. The summed E-state index contributed by atoms with van der Waals surface area (Å²) in [6.45, 7) is 2.08. The molecule has 114 valence electrons. The fourth-order valence-electron chi connectivity index (χ4n) is 2.52. The normalized spacial score (nSPS) is 10.3. The summed E-state index contributed by atoms with van der Waals surface area (Å²) in [7, 11) is 0. The van der Waals surface area contributed by atoms with E-state index in [-0.39, 0.29) is 5.91 Å². The summed E-state index contributed by atoms with van der Waals surface area (Å²) in [6, 6.07) is 21.8. The van der Waals surface area contributed by atoms with Gasteiger partial charge in [0.15, 0.2) is 0 Å². The Labute approximate surface area is 136 Å². The second-order valence-electron chi connectivity index (χ2n) is 5.46. The number of nitrogens with one attached hydrogen (secondary N) is 1. The molecule has 0 aliphatic rings. The van der Waals surface area contributed by atoms with Gasteiger partial charge >= 0.3 is 0 Å². The molecule has 0 saturated carbocycles. The highest BCUT2D eigenvalue weighted by atomic mass is 16.1. The van der Waals surface area contributed by atoms with E-state index in [0.717, 1.165) is 16.7 Å². The fourth-order valence-corrected chi connectivity index (χ4v) is 2.52. The average molecular weight is 302 g/mol. The highest BCUT2D eigenvalue weighted by Gasteiger charge is 2.08. The molecule has 3 heteroatoms. The van der Waals surface area contributed by atoms with Gasteiger partial charge in [-0.3, -0.25) is 4.79 Å². The lowest BCUT2D eigenvalue weighted by molar-refractivity contribution is -0.115. The zero-order valence-corrected chi connectivity index (χ0v) is 13.0. The van der Waals surface area contributed by atoms with Crippen molar-refractivity contribution in [1.29, 1.82) is 0 Å². The van der Waals surface area contributed by atoms with Crippen LogP contribution >= 0.6 is 0 Å². The van der Waals surface area contributed by atoms with Gasteiger partial charge < -0.3 is 5.32 Å². The van der Waals surface area contributed by atoms with Gasteiger partial charge in [0.1, 0.15) is 5.82 Å². The Morgan fingerprint density at radius 2 is 1.78 bits per heavy atom. The zero-order valence-electron chi connectivity index (χ0n) is 13.0. The molecule has 1 N–H and O–H groups in total. The van der Waals surface area contributed by atoms with Gasteiger partial charge in [0.05, 0.1) is 6.42 Å². The Kier molecular flexibility index (Phi) is 4.48. The maximum Gasteiger partial charge on any atom is 0.229 e. The number of rotatable bonds is 4. The third kappa shape index (κ3) is 3.83. The topological polar surface area (TPSA) is 42.0 Å². The van der Waals surface area contributed by atoms with Crippen LogP contribution in [0.15, 0.2) is 72.9 Å². The molecular formula is C20H18N2O. The molecule has 0 unspecified atom stereocenters. The van der Waals surface area contributed by atoms with Crippen LogP contribution in [0.25, 0.3) is 11.1 Å². The smallest absolute Gasteiger partial charge is 0.229 e. The van der Waals surface area contributed by atoms with Gasteiger partial charge in [-0.1, -0.05) is 54.6 Å². The molecule has 3 aromatic rings. The summed E-state index contributed by atoms with van der Waals surface area (Å²) in [5.74, 6) is 0.513. The fraction of sp³-hybridized carbons (Fsp3) is 0.100. The molecule has 3 nitrogen and oxygen atoms in total. The molecular weight excluding hydrogens is 284 g/mol. The first kappa shape index (κ1) is 15.0. The van der Waals surface area contributed by atoms with Crippen LogP contribution in [0.5, 0.6) is 0 Å². The van der Waals surface area contributed by atoms with Crippen molar-refractivity contribution in [3.63, 3.8) is 0 Å². The number of amides is 1. The molecule has 0 fully saturated rings. The average Bonchev–Trinajstić information content (AvgIpc) is 2.58. The Morgan fingerprint density at radius 3 is 2.52 bits per heavy atom. The molecule has 1 aromatic heterocycles. The number of anilines is 1. The molecule has 0 aliphatic heterocycles. The van der Waals surface area contributed by atoms with Gasteiger partial charge in [0, 0.05) is 6.20 Å². The number of carbonyl (C=O) groups excluding carboxylic acids is 1. The summed E-state index contributed by atoms with van der Waals surface area (Å²) in [5.41, 5.74) is 4.51. The lowest BCUT2D eigenvalue weighted by Crippen LogP contribution is -2.15. The van der Waals surface area contributed by atoms with Crippen molar-refractivity contribution in [1.82, 2.24) is 4.98 Å². The maximum atomic E-state index is 12.2. The standard InChI is InChI=1S/C20H18N2O/c1-15-10-11-16(13-18(15)17-7-3-2-4-8-17)14-20(23)22-19-9-5-6-12-21-19/h2-13H,14H2,1H3,(H,21,22,23). The van der Waals surface area contributed by atoms with Crippen molar-refractivity contribution in [3.05, 3.63) is 84.1 Å². The van der Waals surface area contributed by atoms with Crippen LogP contribution in [0.4, 0.5) is 5.82 Å². The minimum atomic E-state index is -0.0634. The van der Waals surface area contributed by atoms with Crippen molar-refractivity contribution >= 4 is 11.7 Å². The molecule has 1 amide bonds. The number of benzene rings is 2. The Bertz CT molecular complexity index is 798. The highest BCUT2D eigenvalue weighted by molar-refractivity contribution is 5.91. The second-order valence-corrected chi connectivity index (χ2v) is 5.46. The summed E-state index contributed by atoms with van der Waals surface area (Å²) in [5, 5.41) is 2.81. The Hall–Kier alpha value is -2.94. The number of aryl methyl sites for hydroxylation is 1. The summed E-state index contributed by atoms with van der Waals surface area (Å²) >= 11 is 0. The third-order valence-corrected chi connectivity index (χ3v) is 3.68. The van der Waals surface area contributed by atoms with Crippen LogP contribution < -0.4 is 5.32 Å². The molecule has 0 atom stereocenters. The van der Waals surface area contributed by atoms with Crippen molar-refractivity contribution in [2.45, 2.75) is 13.3 Å². The number of aromatic nitrogens is 1. The van der Waals surface area contributed by atoms with Crippen molar-refractivity contribution in [2.24, 2.45) is 0 Å². The van der Waals surface area contributed by atoms with Gasteiger partial charge in [-0.15, -0.1) is 0 Å². The molecule has 3 rings (SSSR count). The predicted octanol–water partition coefficient (Wildman–Crippen LogP) is 4.24. The summed E-state index contributed by atoms with van der Waals surface area (Å²) in [6.07, 6.45) is 1.99. The second kappa shape index (κ2) is 6.88. The molecule has 23 heavy (non-hydrogen) atoms. The SMILES string of the molecule is Cc1ccc(CC(=O)Nc2ccccn2)cc1-c1ccccc1. The van der Waals surface area contributed by atoms with Gasteiger partial charge in [-0.2, -0.15) is 0 Å². The van der Waals surface area contributed by atoms with Gasteiger partial charge in [-0.05, 0) is 41.3 Å². The zero-order chi connectivity index (χ0) is 16.1. The van der Waals surface area contributed by atoms with Crippen molar-refractivity contribution < 1.29 is 4.79 Å². The molecule has 0 radical (unpaired) electrons. The lowest BCUT2D eigenvalue weighted by atomic mass is 9.97. The van der Waals surface area contributed by atoms with Crippen LogP contribution in [-0.2, 0) is 11.2 Å². The molecule has 0 bridgehead atoms. The maximum absolute atomic E-state index is 12.2. The molecule has 0 saturated heterocycles. The van der Waals surface area contributed by atoms with E-state index in [1.807, 2.05) is 36.4 Å². The summed E-state index contributed by atoms with van der Waals surface area (Å²) < 4.78 is 0. The van der Waals surface area contributed by atoms with Crippen LogP contribution in [0.2, 0.25) is 0 Å². The number of carbonyl (C=O) groups is 1. The number of pyridine rings is 1. The van der Waals surface area contributed by atoms with Gasteiger partial charge in [0.2, 0.25) is 5.91 Å². The predicted molar refractivity (Wildman–Crippen MR) is 93.2 cm³/mol. The number of hydrogen-bond donors (Lipinski definition) is 1. The van der Waals surface area contributed by atoms with E-state index >= 15 is 0 Å².